The fourth-order valence-corrected chi connectivity index (χ4v) is 2.75. The molecule has 0 aliphatic heterocycles. The zero-order valence-corrected chi connectivity index (χ0v) is 12.2. The predicted molar refractivity (Wildman–Crippen MR) is 77.2 cm³/mol. The Morgan fingerprint density at radius 2 is 2.05 bits per heavy atom. The molecular weight excluding hydrogens is 298 g/mol. The van der Waals surface area contributed by atoms with Crippen molar-refractivity contribution >= 4 is 40.0 Å². The highest BCUT2D eigenvalue weighted by Crippen LogP contribution is 2.24. The maximum atomic E-state index is 11.9. The van der Waals surface area contributed by atoms with Crippen molar-refractivity contribution in [1.29, 1.82) is 0 Å². The van der Waals surface area contributed by atoms with Gasteiger partial charge in [-0.2, -0.15) is 0 Å². The number of nitrogens with zero attached hydrogens (tertiary/aromatic N) is 2. The van der Waals surface area contributed by atoms with Crippen LogP contribution in [0.3, 0.4) is 0 Å². The molecule has 1 aromatic heterocycles. The lowest BCUT2D eigenvalue weighted by atomic mass is 10.3. The van der Waals surface area contributed by atoms with Crippen molar-refractivity contribution in [1.82, 2.24) is 10.2 Å². The van der Waals surface area contributed by atoms with E-state index in [0.29, 0.717) is 16.6 Å². The van der Waals surface area contributed by atoms with Crippen LogP contribution in [0.4, 0.5) is 10.5 Å². The van der Waals surface area contributed by atoms with Crippen molar-refractivity contribution in [2.24, 2.45) is 0 Å². The van der Waals surface area contributed by atoms with Gasteiger partial charge < -0.3 is 10.1 Å². The molecule has 6 nitrogen and oxygen atoms in total. The number of ether oxygens (including phenoxy) is 1. The van der Waals surface area contributed by atoms with Gasteiger partial charge in [0.25, 0.3) is 5.91 Å². The Hall–Kier alpha value is -1.93. The number of aromatic nitrogens is 2. The SMILES string of the molecule is CCOC(=O)Sc1nnc(C(=O)Nc2ccccc2)s1. The molecule has 1 N–H and O–H groups in total. The van der Waals surface area contributed by atoms with E-state index in [-0.39, 0.29) is 10.9 Å². The quantitative estimate of drug-likeness (QED) is 0.690. The molecule has 0 aliphatic carbocycles. The van der Waals surface area contributed by atoms with Crippen molar-refractivity contribution in [2.75, 3.05) is 11.9 Å². The summed E-state index contributed by atoms with van der Waals surface area (Å²) in [6.07, 6.45) is 0. The van der Waals surface area contributed by atoms with Crippen LogP contribution < -0.4 is 5.32 Å². The summed E-state index contributed by atoms with van der Waals surface area (Å²) in [6, 6.07) is 9.03. The molecule has 0 radical (unpaired) electrons. The Labute approximate surface area is 123 Å². The van der Waals surface area contributed by atoms with Crippen molar-refractivity contribution in [3.05, 3.63) is 35.3 Å². The number of hydrogen-bond donors (Lipinski definition) is 1. The normalized spacial score (nSPS) is 10.1. The number of anilines is 1. The van der Waals surface area contributed by atoms with Gasteiger partial charge in [-0.25, -0.2) is 4.79 Å². The molecule has 0 atom stereocenters. The number of carbonyl (C=O) groups is 2. The molecule has 0 saturated heterocycles. The molecule has 8 heteroatoms. The summed E-state index contributed by atoms with van der Waals surface area (Å²) in [5.41, 5.74) is 0.673. The third-order valence-electron chi connectivity index (χ3n) is 2.07. The first-order valence-corrected chi connectivity index (χ1v) is 7.37. The molecule has 20 heavy (non-hydrogen) atoms. The van der Waals surface area contributed by atoms with E-state index < -0.39 is 5.30 Å². The lowest BCUT2D eigenvalue weighted by Crippen LogP contribution is -2.11. The summed E-state index contributed by atoms with van der Waals surface area (Å²) in [5, 5.41) is 9.95. The van der Waals surface area contributed by atoms with E-state index >= 15 is 0 Å². The van der Waals surface area contributed by atoms with Crippen molar-refractivity contribution in [3.63, 3.8) is 0 Å². The van der Waals surface area contributed by atoms with Crippen LogP contribution in [0.1, 0.15) is 16.7 Å². The zero-order valence-electron chi connectivity index (χ0n) is 10.5. The average molecular weight is 309 g/mol. The molecule has 1 amide bonds. The summed E-state index contributed by atoms with van der Waals surface area (Å²) in [5.74, 6) is -0.357. The van der Waals surface area contributed by atoms with Gasteiger partial charge in [0.15, 0.2) is 4.34 Å². The molecule has 0 aliphatic rings. The minimum atomic E-state index is -0.460. The van der Waals surface area contributed by atoms with Gasteiger partial charge in [-0.15, -0.1) is 10.2 Å². The number of benzene rings is 1. The molecule has 0 bridgehead atoms. The first kappa shape index (κ1) is 14.5. The molecule has 2 aromatic rings. The fraction of sp³-hybridized carbons (Fsp3) is 0.167. The summed E-state index contributed by atoms with van der Waals surface area (Å²) >= 11 is 1.86. The summed E-state index contributed by atoms with van der Waals surface area (Å²) in [4.78, 5) is 23.2. The van der Waals surface area contributed by atoms with Gasteiger partial charge >= 0.3 is 5.30 Å². The van der Waals surface area contributed by atoms with Crippen LogP contribution in [0, 0.1) is 0 Å². The van der Waals surface area contributed by atoms with E-state index in [0.717, 1.165) is 23.1 Å². The van der Waals surface area contributed by atoms with Gasteiger partial charge in [0, 0.05) is 17.4 Å². The van der Waals surface area contributed by atoms with Gasteiger partial charge in [-0.3, -0.25) is 4.79 Å². The van der Waals surface area contributed by atoms with Gasteiger partial charge in [0.05, 0.1) is 6.61 Å². The molecule has 1 heterocycles. The molecule has 0 saturated carbocycles. The number of amides is 1. The minimum Gasteiger partial charge on any atom is -0.458 e. The Morgan fingerprint density at radius 1 is 1.30 bits per heavy atom. The number of carbonyl (C=O) groups excluding carboxylic acids is 2. The highest BCUT2D eigenvalue weighted by molar-refractivity contribution is 8.14. The van der Waals surface area contributed by atoms with Crippen LogP contribution in [-0.4, -0.2) is 28.0 Å². The Balaban J connectivity index is 1.98. The maximum absolute atomic E-state index is 11.9. The van der Waals surface area contributed by atoms with Crippen LogP contribution in [0.15, 0.2) is 34.7 Å². The number of hydrogen-bond acceptors (Lipinski definition) is 7. The van der Waals surface area contributed by atoms with E-state index in [4.69, 9.17) is 4.74 Å². The predicted octanol–water partition coefficient (Wildman–Crippen LogP) is 3.04. The number of nitrogens with one attached hydrogen (secondary N) is 1. The highest BCUT2D eigenvalue weighted by atomic mass is 32.2. The van der Waals surface area contributed by atoms with Crippen LogP contribution in [-0.2, 0) is 4.74 Å². The third-order valence-corrected chi connectivity index (χ3v) is 3.82. The molecule has 2 rings (SSSR count). The van der Waals surface area contributed by atoms with Gasteiger partial charge in [0.2, 0.25) is 5.01 Å². The van der Waals surface area contributed by atoms with E-state index in [1.54, 1.807) is 19.1 Å². The number of rotatable bonds is 4. The smallest absolute Gasteiger partial charge is 0.374 e. The van der Waals surface area contributed by atoms with Crippen molar-refractivity contribution in [2.45, 2.75) is 11.3 Å². The molecule has 0 unspecified atom stereocenters. The third kappa shape index (κ3) is 4.04. The number of para-hydroxylation sites is 1. The standard InChI is InChI=1S/C12H11N3O3S2/c1-2-18-12(17)20-11-15-14-10(19-11)9(16)13-8-6-4-3-5-7-8/h3-7H,2H2,1H3,(H,13,16). The first-order chi connectivity index (χ1) is 9.69. The highest BCUT2D eigenvalue weighted by Gasteiger charge is 2.16. The van der Waals surface area contributed by atoms with Crippen LogP contribution in [0.25, 0.3) is 0 Å². The lowest BCUT2D eigenvalue weighted by molar-refractivity contribution is 0.102. The van der Waals surface area contributed by atoms with Crippen LogP contribution in [0.5, 0.6) is 0 Å². The summed E-state index contributed by atoms with van der Waals surface area (Å²) < 4.78 is 5.15. The second kappa shape index (κ2) is 7.01. The topological polar surface area (TPSA) is 81.2 Å². The second-order valence-corrected chi connectivity index (χ2v) is 5.64. The Morgan fingerprint density at radius 3 is 2.75 bits per heavy atom. The maximum Gasteiger partial charge on any atom is 0.374 e. The summed E-state index contributed by atoms with van der Waals surface area (Å²) in [7, 11) is 0. The second-order valence-electron chi connectivity index (χ2n) is 3.48. The largest absolute Gasteiger partial charge is 0.458 e. The van der Waals surface area contributed by atoms with Gasteiger partial charge in [-0.05, 0) is 19.1 Å². The Bertz CT molecular complexity index is 601. The molecule has 0 fully saturated rings. The minimum absolute atomic E-state index is 0.195. The van der Waals surface area contributed by atoms with Crippen molar-refractivity contribution < 1.29 is 14.3 Å². The molecule has 1 aromatic carbocycles. The summed E-state index contributed by atoms with van der Waals surface area (Å²) in [6.45, 7) is 2.02. The molecule has 0 spiro atoms. The van der Waals surface area contributed by atoms with Gasteiger partial charge in [-0.1, -0.05) is 29.5 Å². The fourth-order valence-electron chi connectivity index (χ4n) is 1.27. The monoisotopic (exact) mass is 309 g/mol. The first-order valence-electron chi connectivity index (χ1n) is 5.73. The average Bonchev–Trinajstić information content (AvgIpc) is 2.88. The molecular formula is C12H11N3O3S2. The zero-order chi connectivity index (χ0) is 14.4. The van der Waals surface area contributed by atoms with E-state index in [1.807, 2.05) is 18.2 Å². The van der Waals surface area contributed by atoms with Crippen LogP contribution in [0.2, 0.25) is 0 Å². The molecule has 104 valence electrons. The lowest BCUT2D eigenvalue weighted by Gasteiger charge is -2.00. The van der Waals surface area contributed by atoms with E-state index in [9.17, 15) is 9.59 Å². The van der Waals surface area contributed by atoms with Crippen molar-refractivity contribution in [3.8, 4) is 0 Å². The van der Waals surface area contributed by atoms with Crippen LogP contribution >= 0.6 is 23.1 Å². The van der Waals surface area contributed by atoms with Gasteiger partial charge in [0.1, 0.15) is 0 Å². The van der Waals surface area contributed by atoms with E-state index in [1.165, 1.54) is 0 Å². The number of thioether (sulfide) groups is 1. The Kier molecular flexibility index (Phi) is 5.08. The van der Waals surface area contributed by atoms with E-state index in [2.05, 4.69) is 15.5 Å².